The molecule has 0 spiro atoms. The van der Waals surface area contributed by atoms with Gasteiger partial charge < -0.3 is 34.2 Å². The second kappa shape index (κ2) is 87.3. The first-order chi connectivity index (χ1) is 55.2. The molecule has 18 heteroatoms. The molecule has 4 N–H and O–H groups in total. The molecule has 0 fully saturated rings. The molecule has 0 saturated heterocycles. The van der Waals surface area contributed by atoms with Crippen LogP contribution in [0.1, 0.15) is 406 Å². The number of unbranched alkanes of at least 4 members (excludes halogenated alkanes) is 44. The van der Waals surface area contributed by atoms with E-state index in [2.05, 4.69) is 142 Å². The first-order valence-corrected chi connectivity index (χ1v) is 48.8. The number of aliphatic hydroxyl groups is 2. The van der Waals surface area contributed by atoms with E-state index in [0.717, 1.165) is 128 Å². The Labute approximate surface area is 691 Å². The topological polar surface area (TPSA) is 231 Å². The second-order valence-corrected chi connectivity index (χ2v) is 33.7. The molecule has 0 saturated carbocycles. The van der Waals surface area contributed by atoms with Crippen LogP contribution in [-0.4, -0.2) is 95.9 Å². The third kappa shape index (κ3) is 88.6. The van der Waals surface area contributed by atoms with E-state index in [-0.39, 0.29) is 19.3 Å². The van der Waals surface area contributed by atoms with Crippen LogP contribution in [-0.2, 0) is 55.8 Å². The zero-order valence-electron chi connectivity index (χ0n) is 72.0. The van der Waals surface area contributed by atoms with Crippen LogP contribution in [0.25, 0.3) is 0 Å². The molecule has 113 heavy (non-hydrogen) atoms. The van der Waals surface area contributed by atoms with Gasteiger partial charge in [-0.25, -0.2) is 9.13 Å². The molecule has 0 aromatic heterocycles. The highest BCUT2D eigenvalue weighted by Gasteiger charge is 2.29. The van der Waals surface area contributed by atoms with Crippen LogP contribution in [0, 0.1) is 0 Å². The number of hydrogen-bond donors (Lipinski definition) is 4. The number of carbonyl (C=O) groups excluding carboxylic acids is 3. The maximum absolute atomic E-state index is 13.0. The zero-order chi connectivity index (χ0) is 82.2. The molecule has 0 aliphatic heterocycles. The second-order valence-electron chi connectivity index (χ2n) is 30.7. The molecule has 0 amide bonds. The van der Waals surface area contributed by atoms with Gasteiger partial charge in [0.25, 0.3) is 0 Å². The zero-order valence-corrected chi connectivity index (χ0v) is 73.8. The number of ether oxygens (including phenoxy) is 3. The predicted octanol–water partition coefficient (Wildman–Crippen LogP) is 28.0. The van der Waals surface area contributed by atoms with Crippen molar-refractivity contribution in [2.75, 3.05) is 39.6 Å². The first kappa shape index (κ1) is 109. The summed E-state index contributed by atoms with van der Waals surface area (Å²) in [5.74, 6) is -1.58. The fraction of sp³-hybridized carbons (Fsp3) is 0.758. The van der Waals surface area contributed by atoms with Crippen LogP contribution in [0.5, 0.6) is 0 Å². The van der Waals surface area contributed by atoms with Gasteiger partial charge in [0.15, 0.2) is 6.10 Å². The van der Waals surface area contributed by atoms with E-state index in [4.69, 9.17) is 32.3 Å². The van der Waals surface area contributed by atoms with Crippen LogP contribution in [0.15, 0.2) is 122 Å². The van der Waals surface area contributed by atoms with Crippen molar-refractivity contribution in [1.82, 2.24) is 0 Å². The summed E-state index contributed by atoms with van der Waals surface area (Å²) in [5.41, 5.74) is 0. The Morgan fingerprint density at radius 1 is 0.248 bits per heavy atom. The molecule has 0 bridgehead atoms. The molecule has 5 unspecified atom stereocenters. The minimum absolute atomic E-state index is 0.0888. The average molecular weight is 1630 g/mol. The molecular formula is C95H168O16P2. The van der Waals surface area contributed by atoms with Gasteiger partial charge in [-0.05, 0) is 135 Å². The summed E-state index contributed by atoms with van der Waals surface area (Å²) in [6, 6.07) is 0. The third-order valence-corrected chi connectivity index (χ3v) is 21.5. The molecule has 0 aliphatic carbocycles. The summed E-state index contributed by atoms with van der Waals surface area (Å²) < 4.78 is 61.3. The Hall–Kier alpha value is -4.05. The Morgan fingerprint density at radius 3 is 0.735 bits per heavy atom. The lowest BCUT2D eigenvalue weighted by Gasteiger charge is -2.21. The van der Waals surface area contributed by atoms with Crippen LogP contribution in [0.4, 0.5) is 0 Å². The van der Waals surface area contributed by atoms with E-state index in [1.54, 1.807) is 0 Å². The Balaban J connectivity index is 4.39. The van der Waals surface area contributed by atoms with E-state index in [0.29, 0.717) is 19.3 Å². The molecule has 0 radical (unpaired) electrons. The highest BCUT2D eigenvalue weighted by molar-refractivity contribution is 7.47. The lowest BCUT2D eigenvalue weighted by molar-refractivity contribution is -0.161. The largest absolute Gasteiger partial charge is 0.472 e. The molecule has 5 atom stereocenters. The maximum atomic E-state index is 13.0. The molecule has 0 aromatic carbocycles. The summed E-state index contributed by atoms with van der Waals surface area (Å²) in [5, 5.41) is 20.7. The lowest BCUT2D eigenvalue weighted by atomic mass is 10.0. The van der Waals surface area contributed by atoms with Crippen LogP contribution in [0.3, 0.4) is 0 Å². The van der Waals surface area contributed by atoms with Crippen LogP contribution in [0.2, 0.25) is 0 Å². The monoisotopic (exact) mass is 1630 g/mol. The van der Waals surface area contributed by atoms with Crippen molar-refractivity contribution < 1.29 is 75.8 Å². The summed E-state index contributed by atoms with van der Waals surface area (Å²) >= 11 is 0. The van der Waals surface area contributed by atoms with Gasteiger partial charge in [-0.15, -0.1) is 0 Å². The van der Waals surface area contributed by atoms with Crippen molar-refractivity contribution in [3.05, 3.63) is 122 Å². The molecule has 654 valence electrons. The predicted molar refractivity (Wildman–Crippen MR) is 473 cm³/mol. The number of hydrogen-bond acceptors (Lipinski definition) is 14. The fourth-order valence-electron chi connectivity index (χ4n) is 12.6. The third-order valence-electron chi connectivity index (χ3n) is 19.6. The van der Waals surface area contributed by atoms with Crippen molar-refractivity contribution in [2.45, 2.75) is 424 Å². The molecule has 0 aliphatic rings. The normalized spacial score (nSPS) is 14.4. The van der Waals surface area contributed by atoms with E-state index in [1.165, 1.54) is 218 Å². The smallest absolute Gasteiger partial charge is 0.463 e. The summed E-state index contributed by atoms with van der Waals surface area (Å²) in [6.07, 6.45) is 107. The standard InChI is InChI=1S/C95H168O16P2/c1-4-7-10-13-16-19-22-25-27-29-31-33-35-37-39-41-43-44-46-48-49-51-53-55-57-59-61-64-66-69-72-75-78-81-93(98)105-84-90(96)85-107-112(101,102)108-86-91(97)87-109-113(103,104)110-89-92(111-95(100)83-80-77-74-71-68-63-24-21-18-15-12-9-6-3)88-106-94(99)82-79-76-73-70-67-65-62-60-58-56-54-52-50-47-45-42-40-38-36-34-32-30-28-26-23-20-17-14-11-8-5-2/h12,15-17,19-21,24-28,31-34,37-40,90-92,96-97H,4-11,13-14,18,22-23,29-30,35-36,41-89H2,1-3H3,(H,101,102)(H,103,104)/b15-12-,19-16-,20-17-,24-21-,27-25-,28-26-,33-31-,34-32-,39-37-,40-38-. The first-order valence-electron chi connectivity index (χ1n) is 45.8. The summed E-state index contributed by atoms with van der Waals surface area (Å²) in [6.45, 7) is 2.60. The van der Waals surface area contributed by atoms with Gasteiger partial charge in [0, 0.05) is 19.3 Å². The quantitative estimate of drug-likeness (QED) is 0.0146. The highest BCUT2D eigenvalue weighted by atomic mass is 31.2. The molecule has 0 rings (SSSR count). The van der Waals surface area contributed by atoms with E-state index < -0.39 is 91.5 Å². The number of esters is 3. The van der Waals surface area contributed by atoms with Crippen LogP contribution >= 0.6 is 15.6 Å². The minimum atomic E-state index is -4.94. The van der Waals surface area contributed by atoms with Crippen molar-refractivity contribution in [2.24, 2.45) is 0 Å². The average Bonchev–Trinajstić information content (AvgIpc) is 0.898. The molecule has 16 nitrogen and oxygen atoms in total. The summed E-state index contributed by atoms with van der Waals surface area (Å²) in [4.78, 5) is 58.8. The van der Waals surface area contributed by atoms with Crippen molar-refractivity contribution in [3.8, 4) is 0 Å². The Morgan fingerprint density at radius 2 is 0.460 bits per heavy atom. The van der Waals surface area contributed by atoms with Crippen LogP contribution < -0.4 is 0 Å². The van der Waals surface area contributed by atoms with Gasteiger partial charge in [-0.3, -0.25) is 32.5 Å². The highest BCUT2D eigenvalue weighted by Crippen LogP contribution is 2.45. The van der Waals surface area contributed by atoms with E-state index in [9.17, 15) is 43.5 Å². The molecule has 0 aromatic rings. The van der Waals surface area contributed by atoms with Gasteiger partial charge in [0.1, 0.15) is 25.4 Å². The summed E-state index contributed by atoms with van der Waals surface area (Å²) in [7, 11) is -9.80. The fourth-order valence-corrected chi connectivity index (χ4v) is 14.2. The van der Waals surface area contributed by atoms with Gasteiger partial charge >= 0.3 is 33.6 Å². The molecule has 0 heterocycles. The number of allylic oxidation sites excluding steroid dienone is 20. The number of phosphoric ester groups is 2. The number of phosphoric acid groups is 2. The number of carbonyl (C=O) groups is 3. The Kier molecular flexibility index (Phi) is 84.1. The molecular weight excluding hydrogens is 1460 g/mol. The van der Waals surface area contributed by atoms with Gasteiger partial charge in [0.2, 0.25) is 0 Å². The minimum Gasteiger partial charge on any atom is -0.463 e. The van der Waals surface area contributed by atoms with Crippen molar-refractivity contribution in [1.29, 1.82) is 0 Å². The Bertz CT molecular complexity index is 2540. The number of rotatable bonds is 87. The number of aliphatic hydroxyl groups excluding tert-OH is 2. The van der Waals surface area contributed by atoms with Crippen molar-refractivity contribution >= 4 is 33.6 Å². The lowest BCUT2D eigenvalue weighted by Crippen LogP contribution is -2.30. The van der Waals surface area contributed by atoms with E-state index in [1.807, 2.05) is 0 Å². The van der Waals surface area contributed by atoms with Gasteiger partial charge in [-0.2, -0.15) is 0 Å². The van der Waals surface area contributed by atoms with Gasteiger partial charge in [-0.1, -0.05) is 373 Å². The maximum Gasteiger partial charge on any atom is 0.472 e. The SMILES string of the molecule is CCC/C=C\C/C=C\CCCCCCCC(=O)OC(COC(=O)CCCCCCCCCCCCCCCCC/C=C\C/C=C\C/C=C\C/C=C\CCCCC)COP(=O)(O)OCC(O)COP(=O)(O)OCC(O)COC(=O)CCCCCCCCCCCCCCCCCCC/C=C\C/C=C\C/C=C\C/C=C\CCCCC. The van der Waals surface area contributed by atoms with E-state index >= 15 is 0 Å². The van der Waals surface area contributed by atoms with Crippen molar-refractivity contribution in [3.63, 3.8) is 0 Å². The van der Waals surface area contributed by atoms with Gasteiger partial charge in [0.05, 0.1) is 26.4 Å².